The van der Waals surface area contributed by atoms with Gasteiger partial charge < -0.3 is 9.38 Å². The monoisotopic (exact) mass is 341 g/mol. The van der Waals surface area contributed by atoms with Gasteiger partial charge in [-0.05, 0) is 26.9 Å². The summed E-state index contributed by atoms with van der Waals surface area (Å²) in [5.41, 5.74) is 0. The summed E-state index contributed by atoms with van der Waals surface area (Å²) in [6.07, 6.45) is 18.6. The first-order valence-electron chi connectivity index (χ1n) is 10.9. The average Bonchev–Trinajstić information content (AvgIpc) is 2.52. The van der Waals surface area contributed by atoms with E-state index in [2.05, 4.69) is 46.9 Å². The molecule has 0 N–H and O–H groups in total. The van der Waals surface area contributed by atoms with E-state index in [0.29, 0.717) is 0 Å². The summed E-state index contributed by atoms with van der Waals surface area (Å²) in [7, 11) is 9.17. The molecule has 0 rings (SSSR count). The van der Waals surface area contributed by atoms with E-state index in [0.717, 1.165) is 10.5 Å². The smallest absolute Gasteiger partial charge is 0.0795 e. The first-order chi connectivity index (χ1) is 11.4. The highest BCUT2D eigenvalue weighted by Crippen LogP contribution is 2.12. The van der Waals surface area contributed by atoms with Crippen LogP contribution in [0.3, 0.4) is 0 Å². The molecule has 24 heavy (non-hydrogen) atoms. The Balaban J connectivity index is 3.34. The molecule has 2 heteroatoms. The fourth-order valence-corrected chi connectivity index (χ4v) is 3.22. The molecule has 0 bridgehead atoms. The summed E-state index contributed by atoms with van der Waals surface area (Å²) in [6.45, 7) is 7.22. The van der Waals surface area contributed by atoms with Crippen LogP contribution in [-0.2, 0) is 0 Å². The fraction of sp³-hybridized carbons (Fsp3) is 1.00. The predicted octanol–water partition coefficient (Wildman–Crippen LogP) is 6.10. The second-order valence-electron chi connectivity index (χ2n) is 9.02. The van der Waals surface area contributed by atoms with Gasteiger partial charge in [-0.15, -0.1) is 0 Å². The number of unbranched alkanes of at least 4 members (excludes halogenated alkanes) is 11. The molecule has 0 fully saturated rings. The van der Waals surface area contributed by atoms with Gasteiger partial charge in [-0.2, -0.15) is 0 Å². The van der Waals surface area contributed by atoms with Crippen LogP contribution in [0.5, 0.6) is 0 Å². The maximum Gasteiger partial charge on any atom is 0.0795 e. The summed E-state index contributed by atoms with van der Waals surface area (Å²) in [5, 5.41) is 0. The van der Waals surface area contributed by atoms with Gasteiger partial charge in [0, 0.05) is 12.5 Å². The van der Waals surface area contributed by atoms with E-state index in [-0.39, 0.29) is 0 Å². The summed E-state index contributed by atoms with van der Waals surface area (Å²) in [4.78, 5) is 2.56. The molecule has 0 aromatic heterocycles. The molecule has 0 amide bonds. The van der Waals surface area contributed by atoms with Crippen LogP contribution in [0.4, 0.5) is 0 Å². The van der Waals surface area contributed by atoms with Crippen molar-refractivity contribution in [1.82, 2.24) is 4.90 Å². The lowest BCUT2D eigenvalue weighted by Gasteiger charge is -2.29. The van der Waals surface area contributed by atoms with Crippen LogP contribution in [0.2, 0.25) is 0 Å². The fourth-order valence-electron chi connectivity index (χ4n) is 3.22. The molecule has 0 aliphatic carbocycles. The van der Waals surface area contributed by atoms with E-state index in [4.69, 9.17) is 0 Å². The Morgan fingerprint density at radius 3 is 1.54 bits per heavy atom. The molecule has 0 spiro atoms. The molecule has 0 heterocycles. The lowest BCUT2D eigenvalue weighted by Crippen LogP contribution is -2.40. The Labute approximate surface area is 154 Å². The highest BCUT2D eigenvalue weighted by molar-refractivity contribution is 4.63. The normalized spacial score (nSPS) is 13.6. The van der Waals surface area contributed by atoms with Crippen LogP contribution in [-0.4, -0.2) is 56.7 Å². The number of hydrogen-bond acceptors (Lipinski definition) is 1. The summed E-state index contributed by atoms with van der Waals surface area (Å²) in [6, 6.07) is 0.718. The second-order valence-corrected chi connectivity index (χ2v) is 9.02. The van der Waals surface area contributed by atoms with Crippen molar-refractivity contribution in [3.8, 4) is 0 Å². The topological polar surface area (TPSA) is 3.24 Å². The van der Waals surface area contributed by atoms with Gasteiger partial charge in [-0.25, -0.2) is 0 Å². The van der Waals surface area contributed by atoms with E-state index in [1.54, 1.807) is 0 Å². The number of rotatable bonds is 17. The van der Waals surface area contributed by atoms with Crippen LogP contribution in [0.1, 0.15) is 97.3 Å². The summed E-state index contributed by atoms with van der Waals surface area (Å²) >= 11 is 0. The highest BCUT2D eigenvalue weighted by atomic mass is 15.3. The Morgan fingerprint density at radius 1 is 0.708 bits per heavy atom. The van der Waals surface area contributed by atoms with Gasteiger partial charge in [0.05, 0.1) is 27.7 Å². The van der Waals surface area contributed by atoms with Crippen molar-refractivity contribution in [1.29, 1.82) is 0 Å². The van der Waals surface area contributed by atoms with Crippen molar-refractivity contribution in [3.63, 3.8) is 0 Å². The second kappa shape index (κ2) is 15.2. The molecule has 0 aromatic carbocycles. The van der Waals surface area contributed by atoms with Gasteiger partial charge in [0.15, 0.2) is 0 Å². The van der Waals surface area contributed by atoms with Crippen LogP contribution in [0.15, 0.2) is 0 Å². The van der Waals surface area contributed by atoms with Gasteiger partial charge in [-0.1, -0.05) is 77.6 Å². The number of nitrogens with zero attached hydrogens (tertiary/aromatic N) is 2. The third-order valence-electron chi connectivity index (χ3n) is 5.33. The van der Waals surface area contributed by atoms with Gasteiger partial charge >= 0.3 is 0 Å². The molecule has 2 nitrogen and oxygen atoms in total. The zero-order chi connectivity index (χ0) is 18.3. The minimum absolute atomic E-state index is 0.718. The lowest BCUT2D eigenvalue weighted by molar-refractivity contribution is -0.870. The molecule has 0 saturated heterocycles. The molecule has 1 atom stereocenters. The van der Waals surface area contributed by atoms with E-state index in [1.807, 2.05) is 0 Å². The molecular weight excluding hydrogens is 292 g/mol. The Bertz CT molecular complexity index is 257. The Kier molecular flexibility index (Phi) is 15.1. The van der Waals surface area contributed by atoms with Crippen molar-refractivity contribution in [2.75, 3.05) is 41.3 Å². The third kappa shape index (κ3) is 16.8. The Morgan fingerprint density at radius 2 is 1.12 bits per heavy atom. The van der Waals surface area contributed by atoms with Crippen molar-refractivity contribution < 1.29 is 4.48 Å². The summed E-state index contributed by atoms with van der Waals surface area (Å²) in [5.74, 6) is 0. The molecule has 1 unspecified atom stereocenters. The number of quaternary nitrogens is 1. The lowest BCUT2D eigenvalue weighted by atomic mass is 10.1. The van der Waals surface area contributed by atoms with Crippen molar-refractivity contribution in [2.24, 2.45) is 0 Å². The molecule has 0 saturated carbocycles. The molecule has 146 valence electrons. The maximum atomic E-state index is 2.56. The van der Waals surface area contributed by atoms with Crippen LogP contribution in [0, 0.1) is 0 Å². The van der Waals surface area contributed by atoms with E-state index in [1.165, 1.54) is 96.6 Å². The van der Waals surface area contributed by atoms with E-state index >= 15 is 0 Å². The molecule has 0 aliphatic rings. The first kappa shape index (κ1) is 23.9. The van der Waals surface area contributed by atoms with Gasteiger partial charge in [0.2, 0.25) is 0 Å². The number of hydrogen-bond donors (Lipinski definition) is 0. The summed E-state index contributed by atoms with van der Waals surface area (Å²) < 4.78 is 1.08. The van der Waals surface area contributed by atoms with Crippen LogP contribution >= 0.6 is 0 Å². The standard InChI is InChI=1S/C22H49N2/c1-7-8-9-10-11-12-13-14-15-16-17-18-20-23(3)22(2)19-21-24(4,5)6/h22H,7-21H2,1-6H3/q+1. The van der Waals surface area contributed by atoms with Crippen molar-refractivity contribution in [2.45, 2.75) is 103 Å². The minimum atomic E-state index is 0.718. The predicted molar refractivity (Wildman–Crippen MR) is 111 cm³/mol. The van der Waals surface area contributed by atoms with Crippen LogP contribution in [0.25, 0.3) is 0 Å². The zero-order valence-corrected chi connectivity index (χ0v) is 18.1. The zero-order valence-electron chi connectivity index (χ0n) is 18.1. The quantitative estimate of drug-likeness (QED) is 0.228. The Hall–Kier alpha value is -0.0800. The van der Waals surface area contributed by atoms with Crippen LogP contribution < -0.4 is 0 Å². The molecular formula is C22H49N2+. The SMILES string of the molecule is CCCCCCCCCCCCCCN(C)C(C)CC[N+](C)(C)C. The highest BCUT2D eigenvalue weighted by Gasteiger charge is 2.13. The van der Waals surface area contributed by atoms with Gasteiger partial charge in [0.1, 0.15) is 0 Å². The molecule has 0 radical (unpaired) electrons. The minimum Gasteiger partial charge on any atom is -0.331 e. The largest absolute Gasteiger partial charge is 0.331 e. The van der Waals surface area contributed by atoms with Crippen molar-refractivity contribution >= 4 is 0 Å². The van der Waals surface area contributed by atoms with E-state index < -0.39 is 0 Å². The molecule has 0 aliphatic heterocycles. The van der Waals surface area contributed by atoms with Gasteiger partial charge in [0.25, 0.3) is 0 Å². The maximum absolute atomic E-state index is 2.56. The molecule has 0 aromatic rings. The first-order valence-corrected chi connectivity index (χ1v) is 10.9. The average molecular weight is 342 g/mol. The third-order valence-corrected chi connectivity index (χ3v) is 5.33. The van der Waals surface area contributed by atoms with Crippen molar-refractivity contribution in [3.05, 3.63) is 0 Å². The van der Waals surface area contributed by atoms with Gasteiger partial charge in [-0.3, -0.25) is 0 Å². The van der Waals surface area contributed by atoms with E-state index in [9.17, 15) is 0 Å².